The Morgan fingerprint density at radius 1 is 0.870 bits per heavy atom. The zero-order valence-electron chi connectivity index (χ0n) is 16.4. The molecule has 0 amide bonds. The third-order valence-electron chi connectivity index (χ3n) is 2.81. The van der Waals surface area contributed by atoms with E-state index in [4.69, 9.17) is 22.8 Å². The Kier molecular flexibility index (Phi) is 10.6. The van der Waals surface area contributed by atoms with Crippen molar-refractivity contribution in [3.05, 3.63) is 0 Å². The first kappa shape index (κ1) is 23.5. The molecule has 0 aliphatic carbocycles. The van der Waals surface area contributed by atoms with E-state index in [1.807, 2.05) is 6.92 Å². The van der Waals surface area contributed by atoms with Crippen molar-refractivity contribution < 1.29 is 22.8 Å². The average molecular weight is 383 g/mol. The Bertz CT molecular complexity index is 299. The largest absolute Gasteiger partial charge is 0.437 e. The summed E-state index contributed by atoms with van der Waals surface area (Å²) in [6, 6.07) is 0.966. The van der Waals surface area contributed by atoms with Crippen molar-refractivity contribution in [1.82, 2.24) is 0 Å². The third kappa shape index (κ3) is 14.5. The second-order valence-electron chi connectivity index (χ2n) is 8.15. The smallest absolute Gasteiger partial charge is 0.314 e. The molecule has 1 atom stereocenters. The zero-order chi connectivity index (χ0) is 18.1. The van der Waals surface area contributed by atoms with Gasteiger partial charge in [-0.05, 0) is 65.2 Å². The minimum absolute atomic E-state index is 0.0160. The van der Waals surface area contributed by atoms with E-state index in [1.54, 1.807) is 0 Å². The van der Waals surface area contributed by atoms with Crippen molar-refractivity contribution in [2.75, 3.05) is 26.4 Å². The van der Waals surface area contributed by atoms with Gasteiger partial charge in [0.25, 0.3) is 0 Å². The lowest BCUT2D eigenvalue weighted by molar-refractivity contribution is -0.0182. The van der Waals surface area contributed by atoms with E-state index in [1.165, 1.54) is 0 Å². The summed E-state index contributed by atoms with van der Waals surface area (Å²) in [7, 11) is -5.38. The van der Waals surface area contributed by atoms with Gasteiger partial charge in [0, 0.05) is 6.61 Å². The van der Waals surface area contributed by atoms with Crippen LogP contribution in [-0.2, 0) is 17.7 Å². The van der Waals surface area contributed by atoms with Gasteiger partial charge in [0.1, 0.15) is 0 Å². The first-order valence-electron chi connectivity index (χ1n) is 8.57. The molecule has 23 heavy (non-hydrogen) atoms. The van der Waals surface area contributed by atoms with Crippen LogP contribution in [0.4, 0.5) is 0 Å². The highest BCUT2D eigenvalue weighted by Crippen LogP contribution is 2.25. The predicted molar refractivity (Wildman–Crippen MR) is 103 cm³/mol. The fourth-order valence-electron chi connectivity index (χ4n) is 2.46. The van der Waals surface area contributed by atoms with Crippen LogP contribution in [0, 0.1) is 0 Å². The van der Waals surface area contributed by atoms with E-state index >= 15 is 0 Å². The number of rotatable bonds is 13. The van der Waals surface area contributed by atoms with Crippen LogP contribution in [0.1, 0.15) is 13.3 Å². The fourth-order valence-corrected chi connectivity index (χ4v) is 15.0. The van der Waals surface area contributed by atoms with Crippen molar-refractivity contribution in [3.8, 4) is 0 Å². The highest BCUT2D eigenvalue weighted by atomic mass is 28.5. The molecular formula is C15H38O5Si3. The third-order valence-corrected chi connectivity index (χ3v) is 12.4. The lowest BCUT2D eigenvalue weighted by Gasteiger charge is -2.38. The maximum Gasteiger partial charge on any atom is 0.314 e. The molecule has 0 bridgehead atoms. The lowest BCUT2D eigenvalue weighted by Crippen LogP contribution is -2.52. The molecule has 0 aromatic heterocycles. The van der Waals surface area contributed by atoms with Gasteiger partial charge in [-0.3, -0.25) is 0 Å². The monoisotopic (exact) mass is 382 g/mol. The van der Waals surface area contributed by atoms with Gasteiger partial charge in [-0.1, -0.05) is 0 Å². The van der Waals surface area contributed by atoms with Crippen LogP contribution >= 0.6 is 0 Å². The van der Waals surface area contributed by atoms with Gasteiger partial charge in [-0.25, -0.2) is 0 Å². The summed E-state index contributed by atoms with van der Waals surface area (Å²) < 4.78 is 24.0. The van der Waals surface area contributed by atoms with E-state index in [9.17, 15) is 0 Å². The minimum atomic E-state index is -2.14. The Hall–Kier alpha value is 0.451. The van der Waals surface area contributed by atoms with Crippen molar-refractivity contribution >= 4 is 25.2 Å². The summed E-state index contributed by atoms with van der Waals surface area (Å²) in [5, 5.41) is 8.72. The van der Waals surface area contributed by atoms with E-state index in [0.717, 1.165) is 12.5 Å². The van der Waals surface area contributed by atoms with Crippen molar-refractivity contribution in [2.24, 2.45) is 0 Å². The van der Waals surface area contributed by atoms with E-state index in [-0.39, 0.29) is 12.7 Å². The van der Waals surface area contributed by atoms with Crippen LogP contribution in [0.5, 0.6) is 0 Å². The summed E-state index contributed by atoms with van der Waals surface area (Å²) in [5.41, 5.74) is 0. The van der Waals surface area contributed by atoms with Crippen LogP contribution in [0.3, 0.4) is 0 Å². The van der Waals surface area contributed by atoms with Crippen LogP contribution in [0.25, 0.3) is 0 Å². The van der Waals surface area contributed by atoms with Gasteiger partial charge < -0.3 is 22.8 Å². The van der Waals surface area contributed by atoms with E-state index in [0.29, 0.717) is 19.8 Å². The van der Waals surface area contributed by atoms with Gasteiger partial charge in [-0.2, -0.15) is 0 Å². The SMILES string of the molecule is CC(COCCC[Si](C)(O[Si](C)(C)C)O[Si](C)(C)C)OCCO. The highest BCUT2D eigenvalue weighted by Gasteiger charge is 2.39. The molecule has 0 aromatic carbocycles. The first-order chi connectivity index (χ1) is 10.4. The van der Waals surface area contributed by atoms with Gasteiger partial charge in [0.05, 0.1) is 25.9 Å². The minimum Gasteiger partial charge on any atom is -0.437 e. The molecule has 0 saturated carbocycles. The van der Waals surface area contributed by atoms with Crippen LogP contribution < -0.4 is 0 Å². The second-order valence-corrected chi connectivity index (χ2v) is 21.0. The molecule has 0 heterocycles. The molecule has 0 spiro atoms. The molecule has 140 valence electrons. The number of aliphatic hydroxyl groups is 1. The lowest BCUT2D eigenvalue weighted by atomic mass is 10.4. The summed E-state index contributed by atoms with van der Waals surface area (Å²) in [5.74, 6) is 0. The molecule has 0 fully saturated rings. The molecule has 0 aliphatic rings. The normalized spacial score (nSPS) is 15.0. The maximum atomic E-state index is 8.72. The Morgan fingerprint density at radius 3 is 1.83 bits per heavy atom. The average Bonchev–Trinajstić information content (AvgIpc) is 2.30. The summed E-state index contributed by atoms with van der Waals surface area (Å²) >= 11 is 0. The first-order valence-corrected chi connectivity index (χ1v) is 17.9. The van der Waals surface area contributed by atoms with Crippen LogP contribution in [-0.4, -0.2) is 62.8 Å². The molecule has 8 heteroatoms. The molecule has 0 aromatic rings. The molecule has 1 N–H and O–H groups in total. The quantitative estimate of drug-likeness (QED) is 0.390. The Morgan fingerprint density at radius 2 is 1.39 bits per heavy atom. The van der Waals surface area contributed by atoms with Gasteiger partial charge in [0.2, 0.25) is 0 Å². The number of ether oxygens (including phenoxy) is 2. The molecule has 1 unspecified atom stereocenters. The summed E-state index contributed by atoms with van der Waals surface area (Å²) in [4.78, 5) is 0. The van der Waals surface area contributed by atoms with Gasteiger partial charge in [0.15, 0.2) is 16.6 Å². The van der Waals surface area contributed by atoms with Crippen molar-refractivity contribution in [1.29, 1.82) is 0 Å². The predicted octanol–water partition coefficient (Wildman–Crippen LogP) is 3.57. The standard InChI is InChI=1S/C15H38O5Si3/c1-15(18-12-10-16)14-17-11-9-13-23(8,19-21(2,3)4)20-22(5,6)7/h15-16H,9-14H2,1-8H3. The van der Waals surface area contributed by atoms with Crippen molar-refractivity contribution in [3.63, 3.8) is 0 Å². The molecular weight excluding hydrogens is 344 g/mol. The van der Waals surface area contributed by atoms with Gasteiger partial charge >= 0.3 is 8.56 Å². The fraction of sp³-hybridized carbons (Fsp3) is 1.00. The zero-order valence-corrected chi connectivity index (χ0v) is 19.4. The maximum absolute atomic E-state index is 8.72. The number of hydrogen-bond donors (Lipinski definition) is 1. The van der Waals surface area contributed by atoms with Crippen molar-refractivity contribution in [2.45, 2.75) is 71.3 Å². The van der Waals surface area contributed by atoms with E-state index in [2.05, 4.69) is 45.8 Å². The van der Waals surface area contributed by atoms with Crippen LogP contribution in [0.2, 0.25) is 51.9 Å². The van der Waals surface area contributed by atoms with E-state index < -0.39 is 25.2 Å². The Balaban J connectivity index is 4.25. The molecule has 0 rings (SSSR count). The second kappa shape index (κ2) is 10.4. The van der Waals surface area contributed by atoms with Crippen LogP contribution in [0.15, 0.2) is 0 Å². The summed E-state index contributed by atoms with van der Waals surface area (Å²) in [6.45, 7) is 19.2. The molecule has 0 saturated heterocycles. The number of aliphatic hydroxyl groups excluding tert-OH is 1. The number of hydrogen-bond acceptors (Lipinski definition) is 5. The molecule has 5 nitrogen and oxygen atoms in total. The highest BCUT2D eigenvalue weighted by molar-refractivity contribution is 6.87. The topological polar surface area (TPSA) is 57.2 Å². The van der Waals surface area contributed by atoms with Gasteiger partial charge in [-0.15, -0.1) is 0 Å². The summed E-state index contributed by atoms with van der Waals surface area (Å²) in [6.07, 6.45) is 0.965. The molecule has 0 radical (unpaired) electrons. The Labute approximate surface area is 146 Å². The molecule has 0 aliphatic heterocycles.